The minimum atomic E-state index is -0.502. The number of amides is 2. The maximum absolute atomic E-state index is 13.2. The molecule has 5 rings (SSSR count). The van der Waals surface area contributed by atoms with Crippen LogP contribution in [0.5, 0.6) is 0 Å². The Morgan fingerprint density at radius 2 is 1.53 bits per heavy atom. The summed E-state index contributed by atoms with van der Waals surface area (Å²) in [5, 5.41) is 17.4. The summed E-state index contributed by atoms with van der Waals surface area (Å²) in [5.41, 5.74) is 3.66. The van der Waals surface area contributed by atoms with Gasteiger partial charge in [-0.15, -0.1) is 0 Å². The van der Waals surface area contributed by atoms with Crippen molar-refractivity contribution in [2.45, 2.75) is 13.1 Å². The van der Waals surface area contributed by atoms with Crippen molar-refractivity contribution in [2.24, 2.45) is 0 Å². The Balaban J connectivity index is 0.000000203. The number of carbonyl (C=O) groups is 2. The Kier molecular flexibility index (Phi) is 10.9. The van der Waals surface area contributed by atoms with Crippen LogP contribution in [0.2, 0.25) is 5.02 Å². The Hall–Kier alpha value is -4.67. The second-order valence-electron chi connectivity index (χ2n) is 9.10. The summed E-state index contributed by atoms with van der Waals surface area (Å²) in [5.74, 6) is -1.56. The standard InChI is InChI=1S/C19H14ClFN2O.C13H10BrFN2O2/c20-16-6-4-13(5-7-16)14-2-1-3-15(10-14)19(24)23-12-18-9-8-17(21)11-22-18;14-10-5-9(6-11(15)7-10)13(18)16-8-12-3-1-2-4-17(12)19/h1-11H,12H2,(H,23,24);1-7H,8H2,(H,16,18). The van der Waals surface area contributed by atoms with Gasteiger partial charge in [-0.3, -0.25) is 14.6 Å². The molecule has 0 saturated carbocycles. The van der Waals surface area contributed by atoms with Gasteiger partial charge < -0.3 is 15.8 Å². The molecule has 2 N–H and O–H groups in total. The highest BCUT2D eigenvalue weighted by molar-refractivity contribution is 9.10. The number of nitrogens with one attached hydrogen (secondary N) is 2. The van der Waals surface area contributed by atoms with E-state index >= 15 is 0 Å². The first-order valence-corrected chi connectivity index (χ1v) is 14.0. The molecule has 0 aliphatic heterocycles. The SMILES string of the molecule is O=C(NCc1ccc(F)cn1)c1cccc(-c2ccc(Cl)cc2)c1.O=C(NCc1cccc[n+]1[O-])c1cc(F)cc(Br)c1. The predicted molar refractivity (Wildman–Crippen MR) is 163 cm³/mol. The summed E-state index contributed by atoms with van der Waals surface area (Å²) in [6.07, 6.45) is 2.48. The van der Waals surface area contributed by atoms with Gasteiger partial charge in [0.2, 0.25) is 5.69 Å². The second-order valence-corrected chi connectivity index (χ2v) is 10.4. The fraction of sp³-hybridized carbons (Fsp3) is 0.0625. The molecule has 2 amide bonds. The molecule has 218 valence electrons. The monoisotopic (exact) mass is 664 g/mol. The number of pyridine rings is 2. The average Bonchev–Trinajstić information content (AvgIpc) is 3.00. The van der Waals surface area contributed by atoms with Crippen LogP contribution >= 0.6 is 27.5 Å². The predicted octanol–water partition coefficient (Wildman–Crippen LogP) is 6.62. The first kappa shape index (κ1) is 31.3. The van der Waals surface area contributed by atoms with E-state index < -0.39 is 17.5 Å². The molecule has 0 unspecified atom stereocenters. The molecular formula is C32H24BrClF2N4O3. The molecule has 0 spiro atoms. The van der Waals surface area contributed by atoms with Crippen molar-refractivity contribution < 1.29 is 23.1 Å². The van der Waals surface area contributed by atoms with Crippen LogP contribution in [-0.4, -0.2) is 16.8 Å². The van der Waals surface area contributed by atoms with Gasteiger partial charge in [0.05, 0.1) is 18.4 Å². The zero-order valence-corrected chi connectivity index (χ0v) is 24.8. The smallest absolute Gasteiger partial charge is 0.251 e. The van der Waals surface area contributed by atoms with Gasteiger partial charge in [0.1, 0.15) is 18.2 Å². The minimum absolute atomic E-state index is 0.0807. The lowest BCUT2D eigenvalue weighted by molar-refractivity contribution is -0.614. The Morgan fingerprint density at radius 3 is 2.23 bits per heavy atom. The normalized spacial score (nSPS) is 10.3. The first-order valence-electron chi connectivity index (χ1n) is 12.8. The van der Waals surface area contributed by atoms with E-state index in [0.717, 1.165) is 23.4 Å². The molecule has 43 heavy (non-hydrogen) atoms. The number of hydrogen-bond donors (Lipinski definition) is 2. The van der Waals surface area contributed by atoms with Crippen molar-refractivity contribution in [1.82, 2.24) is 15.6 Å². The van der Waals surface area contributed by atoms with Gasteiger partial charge in [0.15, 0.2) is 6.20 Å². The molecule has 0 bridgehead atoms. The van der Waals surface area contributed by atoms with Crippen LogP contribution in [0, 0.1) is 16.8 Å². The van der Waals surface area contributed by atoms with Crippen LogP contribution in [0.1, 0.15) is 32.1 Å². The minimum Gasteiger partial charge on any atom is -0.618 e. The lowest BCUT2D eigenvalue weighted by Crippen LogP contribution is -2.35. The van der Waals surface area contributed by atoms with Gasteiger partial charge in [0.25, 0.3) is 11.8 Å². The van der Waals surface area contributed by atoms with Gasteiger partial charge in [0, 0.05) is 32.8 Å². The zero-order chi connectivity index (χ0) is 30.8. The second kappa shape index (κ2) is 15.0. The summed E-state index contributed by atoms with van der Waals surface area (Å²) in [6, 6.07) is 26.4. The van der Waals surface area contributed by atoms with Gasteiger partial charge in [-0.1, -0.05) is 51.8 Å². The fourth-order valence-electron chi connectivity index (χ4n) is 3.82. The maximum atomic E-state index is 13.2. The summed E-state index contributed by atoms with van der Waals surface area (Å²) < 4.78 is 27.1. The van der Waals surface area contributed by atoms with Gasteiger partial charge in [-0.25, -0.2) is 8.78 Å². The highest BCUT2D eigenvalue weighted by atomic mass is 79.9. The number of benzene rings is 3. The molecule has 0 aliphatic carbocycles. The molecule has 2 heterocycles. The van der Waals surface area contributed by atoms with E-state index in [0.29, 0.717) is 31.2 Å². The molecular weight excluding hydrogens is 642 g/mol. The quantitative estimate of drug-likeness (QED) is 0.151. The first-order chi connectivity index (χ1) is 20.7. The van der Waals surface area contributed by atoms with Crippen molar-refractivity contribution in [3.05, 3.63) is 158 Å². The zero-order valence-electron chi connectivity index (χ0n) is 22.4. The maximum Gasteiger partial charge on any atom is 0.251 e. The Bertz CT molecular complexity index is 1700. The van der Waals surface area contributed by atoms with E-state index in [1.807, 2.05) is 42.5 Å². The van der Waals surface area contributed by atoms with Crippen molar-refractivity contribution >= 4 is 39.3 Å². The van der Waals surface area contributed by atoms with Crippen LogP contribution < -0.4 is 15.4 Å². The molecule has 0 aliphatic rings. The summed E-state index contributed by atoms with van der Waals surface area (Å²) >= 11 is 9.01. The molecule has 3 aromatic carbocycles. The van der Waals surface area contributed by atoms with Crippen LogP contribution in [0.15, 0.2) is 114 Å². The molecule has 0 fully saturated rings. The van der Waals surface area contributed by atoms with Gasteiger partial charge in [-0.05, 0) is 71.8 Å². The molecule has 5 aromatic rings. The largest absolute Gasteiger partial charge is 0.618 e. The van der Waals surface area contributed by atoms with Gasteiger partial charge >= 0.3 is 0 Å². The van der Waals surface area contributed by atoms with Crippen LogP contribution in [-0.2, 0) is 13.1 Å². The molecule has 0 saturated heterocycles. The Labute approximate surface area is 259 Å². The third-order valence-electron chi connectivity index (χ3n) is 5.98. The lowest BCUT2D eigenvalue weighted by Gasteiger charge is -2.07. The topological polar surface area (TPSA) is 98.0 Å². The van der Waals surface area contributed by atoms with Crippen molar-refractivity contribution in [1.29, 1.82) is 0 Å². The number of rotatable bonds is 7. The summed E-state index contributed by atoms with van der Waals surface area (Å²) in [4.78, 5) is 28.0. The van der Waals surface area contributed by atoms with Gasteiger partial charge in [-0.2, -0.15) is 4.73 Å². The molecule has 0 radical (unpaired) electrons. The fourth-order valence-corrected chi connectivity index (χ4v) is 4.42. The molecule has 7 nitrogen and oxygen atoms in total. The van der Waals surface area contributed by atoms with E-state index in [9.17, 15) is 23.6 Å². The van der Waals surface area contributed by atoms with E-state index in [4.69, 9.17) is 11.6 Å². The lowest BCUT2D eigenvalue weighted by atomic mass is 10.0. The van der Waals surface area contributed by atoms with E-state index in [1.165, 1.54) is 24.4 Å². The molecule has 0 atom stereocenters. The number of aromatic nitrogens is 2. The summed E-state index contributed by atoms with van der Waals surface area (Å²) in [7, 11) is 0. The number of carbonyl (C=O) groups excluding carboxylic acids is 2. The van der Waals surface area contributed by atoms with E-state index in [2.05, 4.69) is 31.5 Å². The van der Waals surface area contributed by atoms with Crippen LogP contribution in [0.4, 0.5) is 8.78 Å². The molecule has 11 heteroatoms. The van der Waals surface area contributed by atoms with Crippen molar-refractivity contribution in [2.75, 3.05) is 0 Å². The number of hydrogen-bond acceptors (Lipinski definition) is 4. The average molecular weight is 666 g/mol. The van der Waals surface area contributed by atoms with E-state index in [1.54, 1.807) is 30.3 Å². The third kappa shape index (κ3) is 9.42. The highest BCUT2D eigenvalue weighted by Crippen LogP contribution is 2.22. The Morgan fingerprint density at radius 1 is 0.791 bits per heavy atom. The highest BCUT2D eigenvalue weighted by Gasteiger charge is 2.11. The van der Waals surface area contributed by atoms with Crippen LogP contribution in [0.3, 0.4) is 0 Å². The van der Waals surface area contributed by atoms with Crippen molar-refractivity contribution in [3.63, 3.8) is 0 Å². The molecule has 2 aromatic heterocycles. The van der Waals surface area contributed by atoms with Crippen molar-refractivity contribution in [3.8, 4) is 11.1 Å². The number of halogens is 4. The summed E-state index contributed by atoms with van der Waals surface area (Å²) in [6.45, 7) is 0.321. The van der Waals surface area contributed by atoms with E-state index in [-0.39, 0.29) is 24.6 Å². The third-order valence-corrected chi connectivity index (χ3v) is 6.69. The number of nitrogens with zero attached hydrogens (tertiary/aromatic N) is 2. The van der Waals surface area contributed by atoms with Crippen LogP contribution in [0.25, 0.3) is 11.1 Å².